The minimum Gasteiger partial charge on any atom is -0.356 e. The highest BCUT2D eigenvalue weighted by atomic mass is 19.1. The standard InChI is InChI=1S/C24H19FN8O2/c1-12-6-20(35-31-12)14-7-18(25)23-30-29-22(33(23)11-14)13(2)21-16(15-9-27-32(3)10-15)8-17-19(28-21)4-5-26-24(17)34/h4-11,13H,1-3H3,(H,26,34)/t13-/m1/s1. The minimum atomic E-state index is -0.534. The van der Waals surface area contributed by atoms with Crippen molar-refractivity contribution in [2.75, 3.05) is 0 Å². The number of fused-ring (bicyclic) bond motifs is 2. The molecule has 0 aromatic carbocycles. The predicted molar refractivity (Wildman–Crippen MR) is 125 cm³/mol. The lowest BCUT2D eigenvalue weighted by Crippen LogP contribution is -2.10. The third-order valence-corrected chi connectivity index (χ3v) is 5.99. The summed E-state index contributed by atoms with van der Waals surface area (Å²) in [6, 6.07) is 6.62. The largest absolute Gasteiger partial charge is 0.356 e. The number of H-pyrrole nitrogens is 1. The van der Waals surface area contributed by atoms with E-state index in [0.29, 0.717) is 39.4 Å². The maximum absolute atomic E-state index is 15.0. The molecule has 11 heteroatoms. The van der Waals surface area contributed by atoms with Crippen molar-refractivity contribution in [1.29, 1.82) is 0 Å². The molecule has 6 heterocycles. The topological polar surface area (TPSA) is 120 Å². The van der Waals surface area contributed by atoms with Crippen molar-refractivity contribution in [1.82, 2.24) is 39.5 Å². The van der Waals surface area contributed by atoms with Crippen molar-refractivity contribution < 1.29 is 8.91 Å². The van der Waals surface area contributed by atoms with Crippen LogP contribution in [0, 0.1) is 12.7 Å². The Morgan fingerprint density at radius 3 is 2.74 bits per heavy atom. The summed E-state index contributed by atoms with van der Waals surface area (Å²) < 4.78 is 23.6. The van der Waals surface area contributed by atoms with Gasteiger partial charge < -0.3 is 9.51 Å². The molecule has 6 aromatic rings. The number of aromatic nitrogens is 8. The fourth-order valence-corrected chi connectivity index (χ4v) is 4.27. The SMILES string of the molecule is Cc1cc(-c2cc(F)c3nnc([C@H](C)c4nc5cc[nH]c(=O)c5cc4-c4cnn(C)c4)n3c2)on1. The van der Waals surface area contributed by atoms with Crippen LogP contribution >= 0.6 is 0 Å². The number of aryl methyl sites for hydroxylation is 2. The third-order valence-electron chi connectivity index (χ3n) is 5.99. The number of pyridine rings is 3. The molecule has 0 saturated heterocycles. The van der Waals surface area contributed by atoms with Gasteiger partial charge in [0.15, 0.2) is 17.2 Å². The Morgan fingerprint density at radius 2 is 2.00 bits per heavy atom. The zero-order chi connectivity index (χ0) is 24.3. The quantitative estimate of drug-likeness (QED) is 0.418. The van der Waals surface area contributed by atoms with E-state index in [1.807, 2.05) is 20.2 Å². The van der Waals surface area contributed by atoms with Crippen LogP contribution in [-0.4, -0.2) is 39.5 Å². The highest BCUT2D eigenvalue weighted by Crippen LogP contribution is 2.34. The lowest BCUT2D eigenvalue weighted by Gasteiger charge is -2.15. The zero-order valence-corrected chi connectivity index (χ0v) is 19.0. The summed E-state index contributed by atoms with van der Waals surface area (Å²) in [6.07, 6.45) is 6.84. The van der Waals surface area contributed by atoms with Gasteiger partial charge in [-0.3, -0.25) is 18.9 Å². The maximum Gasteiger partial charge on any atom is 0.257 e. The molecule has 0 fully saturated rings. The van der Waals surface area contributed by atoms with Crippen molar-refractivity contribution in [3.8, 4) is 22.5 Å². The Balaban J connectivity index is 1.57. The monoisotopic (exact) mass is 470 g/mol. The second kappa shape index (κ2) is 7.69. The molecular formula is C24H19FN8O2. The normalized spacial score (nSPS) is 12.6. The third kappa shape index (κ3) is 3.39. The van der Waals surface area contributed by atoms with Crippen molar-refractivity contribution in [2.24, 2.45) is 7.05 Å². The molecule has 0 amide bonds. The fraction of sp³-hybridized carbons (Fsp3) is 0.167. The van der Waals surface area contributed by atoms with E-state index in [0.717, 1.165) is 11.1 Å². The molecule has 0 aliphatic heterocycles. The molecular weight excluding hydrogens is 451 g/mol. The van der Waals surface area contributed by atoms with Crippen molar-refractivity contribution >= 4 is 16.6 Å². The van der Waals surface area contributed by atoms with E-state index in [-0.39, 0.29) is 11.2 Å². The van der Waals surface area contributed by atoms with E-state index in [1.165, 1.54) is 6.07 Å². The molecule has 0 aliphatic rings. The van der Waals surface area contributed by atoms with Gasteiger partial charge in [-0.2, -0.15) is 5.10 Å². The smallest absolute Gasteiger partial charge is 0.257 e. The number of aromatic amines is 1. The zero-order valence-electron chi connectivity index (χ0n) is 19.0. The molecule has 1 atom stereocenters. The summed E-state index contributed by atoms with van der Waals surface area (Å²) in [5.41, 5.74) is 3.78. The Hall–Kier alpha value is -4.67. The van der Waals surface area contributed by atoms with Crippen molar-refractivity contribution in [3.05, 3.63) is 82.4 Å². The minimum absolute atomic E-state index is 0.0898. The van der Waals surface area contributed by atoms with E-state index in [1.54, 1.807) is 52.8 Å². The summed E-state index contributed by atoms with van der Waals surface area (Å²) in [7, 11) is 1.81. The lowest BCUT2D eigenvalue weighted by atomic mass is 9.96. The van der Waals surface area contributed by atoms with Crippen LogP contribution in [0.5, 0.6) is 0 Å². The van der Waals surface area contributed by atoms with Gasteiger partial charge in [-0.25, -0.2) is 4.39 Å². The predicted octanol–water partition coefficient (Wildman–Crippen LogP) is 3.62. The van der Waals surface area contributed by atoms with Gasteiger partial charge in [-0.1, -0.05) is 5.16 Å². The number of rotatable bonds is 4. The molecule has 0 saturated carbocycles. The van der Waals surface area contributed by atoms with Crippen LogP contribution in [-0.2, 0) is 7.05 Å². The van der Waals surface area contributed by atoms with Gasteiger partial charge in [0.25, 0.3) is 5.56 Å². The van der Waals surface area contributed by atoms with E-state index >= 15 is 0 Å². The Kier molecular flexibility index (Phi) is 4.59. The maximum atomic E-state index is 15.0. The molecule has 0 bridgehead atoms. The van der Waals surface area contributed by atoms with Crippen LogP contribution < -0.4 is 5.56 Å². The number of hydrogen-bond acceptors (Lipinski definition) is 7. The number of hydrogen-bond donors (Lipinski definition) is 1. The van der Waals surface area contributed by atoms with Crippen LogP contribution in [0.25, 0.3) is 39.0 Å². The van der Waals surface area contributed by atoms with Gasteiger partial charge in [0.2, 0.25) is 0 Å². The van der Waals surface area contributed by atoms with Gasteiger partial charge >= 0.3 is 0 Å². The van der Waals surface area contributed by atoms with E-state index in [2.05, 4.69) is 25.4 Å². The first-order valence-electron chi connectivity index (χ1n) is 10.9. The first-order valence-corrected chi connectivity index (χ1v) is 10.9. The summed E-state index contributed by atoms with van der Waals surface area (Å²) >= 11 is 0. The second-order valence-corrected chi connectivity index (χ2v) is 8.45. The Labute approximate surface area is 197 Å². The van der Waals surface area contributed by atoms with Crippen LogP contribution in [0.3, 0.4) is 0 Å². The molecule has 0 unspecified atom stereocenters. The Morgan fingerprint density at radius 1 is 1.14 bits per heavy atom. The van der Waals surface area contributed by atoms with E-state index in [9.17, 15) is 9.18 Å². The number of nitrogens with one attached hydrogen (secondary N) is 1. The van der Waals surface area contributed by atoms with Gasteiger partial charge in [-0.05, 0) is 32.0 Å². The van der Waals surface area contributed by atoms with Crippen molar-refractivity contribution in [3.63, 3.8) is 0 Å². The molecule has 35 heavy (non-hydrogen) atoms. The lowest BCUT2D eigenvalue weighted by molar-refractivity contribution is 0.426. The van der Waals surface area contributed by atoms with Gasteiger partial charge in [0, 0.05) is 48.4 Å². The fourth-order valence-electron chi connectivity index (χ4n) is 4.27. The summed E-state index contributed by atoms with van der Waals surface area (Å²) in [4.78, 5) is 20.0. The molecule has 6 rings (SSSR count). The number of halogens is 1. The van der Waals surface area contributed by atoms with Gasteiger partial charge in [0.05, 0.1) is 34.4 Å². The first-order chi connectivity index (χ1) is 16.9. The van der Waals surface area contributed by atoms with Crippen LogP contribution in [0.1, 0.15) is 30.1 Å². The van der Waals surface area contributed by atoms with Crippen LogP contribution in [0.4, 0.5) is 4.39 Å². The number of nitrogens with zero attached hydrogens (tertiary/aromatic N) is 7. The van der Waals surface area contributed by atoms with Crippen LogP contribution in [0.15, 0.2) is 58.4 Å². The highest BCUT2D eigenvalue weighted by molar-refractivity contribution is 5.84. The molecule has 0 spiro atoms. The molecule has 0 radical (unpaired) electrons. The average Bonchev–Trinajstić information content (AvgIpc) is 3.58. The first kappa shape index (κ1) is 20.9. The summed E-state index contributed by atoms with van der Waals surface area (Å²) in [5.74, 6) is -0.0171. The molecule has 174 valence electrons. The summed E-state index contributed by atoms with van der Waals surface area (Å²) in [5, 5.41) is 17.0. The van der Waals surface area contributed by atoms with Crippen molar-refractivity contribution in [2.45, 2.75) is 19.8 Å². The molecule has 0 aliphatic carbocycles. The molecule has 1 N–H and O–H groups in total. The van der Waals surface area contributed by atoms with Gasteiger partial charge in [0.1, 0.15) is 5.82 Å². The van der Waals surface area contributed by atoms with E-state index in [4.69, 9.17) is 9.51 Å². The van der Waals surface area contributed by atoms with Gasteiger partial charge in [-0.15, -0.1) is 10.2 Å². The molecule has 10 nitrogen and oxygen atoms in total. The summed E-state index contributed by atoms with van der Waals surface area (Å²) in [6.45, 7) is 3.71. The Bertz CT molecular complexity index is 1790. The highest BCUT2D eigenvalue weighted by Gasteiger charge is 2.24. The average molecular weight is 470 g/mol. The second-order valence-electron chi connectivity index (χ2n) is 8.45. The molecule has 6 aromatic heterocycles. The van der Waals surface area contributed by atoms with E-state index < -0.39 is 11.7 Å². The van der Waals surface area contributed by atoms with Crippen LogP contribution in [0.2, 0.25) is 0 Å².